The molecule has 4 rings (SSSR count). The number of aromatic nitrogens is 1. The number of hydrogen-bond acceptors (Lipinski definition) is 6. The van der Waals surface area contributed by atoms with E-state index in [0.717, 1.165) is 15.6 Å². The summed E-state index contributed by atoms with van der Waals surface area (Å²) in [5, 5.41) is 3.49. The Bertz CT molecular complexity index is 1170. The summed E-state index contributed by atoms with van der Waals surface area (Å²) < 4.78 is 5.78. The molecule has 0 bridgehead atoms. The van der Waals surface area contributed by atoms with E-state index < -0.39 is 11.8 Å². The molecule has 1 fully saturated rings. The molecule has 8 heteroatoms. The number of para-hydroxylation sites is 1. The van der Waals surface area contributed by atoms with Gasteiger partial charge in [0.2, 0.25) is 0 Å². The fourth-order valence-corrected chi connectivity index (χ4v) is 4.14. The highest BCUT2D eigenvalue weighted by Crippen LogP contribution is 2.28. The second-order valence-corrected chi connectivity index (χ2v) is 8.17. The molecule has 1 N–H and O–H groups in total. The first-order valence-electron chi connectivity index (χ1n) is 9.11. The summed E-state index contributed by atoms with van der Waals surface area (Å²) >= 11 is 6.68. The fraction of sp³-hybridized carbons (Fsp3) is 0.0909. The molecule has 1 aliphatic rings. The van der Waals surface area contributed by atoms with Crippen molar-refractivity contribution in [2.75, 3.05) is 4.90 Å². The number of thiazole rings is 1. The second kappa shape index (κ2) is 8.17. The summed E-state index contributed by atoms with van der Waals surface area (Å²) in [5.74, 6) is 0.333. The van der Waals surface area contributed by atoms with Crippen LogP contribution in [-0.4, -0.2) is 21.9 Å². The molecular weight excluding hydrogens is 418 g/mol. The Morgan fingerprint density at radius 3 is 2.33 bits per heavy atom. The van der Waals surface area contributed by atoms with Gasteiger partial charge in [0.25, 0.3) is 11.8 Å². The largest absolute Gasteiger partial charge is 0.457 e. The van der Waals surface area contributed by atoms with Gasteiger partial charge in [-0.3, -0.25) is 19.8 Å². The summed E-state index contributed by atoms with van der Waals surface area (Å²) in [6.45, 7) is 3.72. The predicted molar refractivity (Wildman–Crippen MR) is 121 cm³/mol. The summed E-state index contributed by atoms with van der Waals surface area (Å²) in [5.41, 5.74) is 1.32. The van der Waals surface area contributed by atoms with Crippen molar-refractivity contribution in [1.82, 2.24) is 10.3 Å². The van der Waals surface area contributed by atoms with Crippen LogP contribution in [0.5, 0.6) is 11.5 Å². The summed E-state index contributed by atoms with van der Waals surface area (Å²) in [7, 11) is 0. The van der Waals surface area contributed by atoms with Crippen LogP contribution in [0.25, 0.3) is 6.08 Å². The van der Waals surface area contributed by atoms with Crippen molar-refractivity contribution in [2.24, 2.45) is 0 Å². The van der Waals surface area contributed by atoms with E-state index in [1.807, 2.05) is 44.2 Å². The third-order valence-electron chi connectivity index (χ3n) is 4.39. The maximum Gasteiger partial charge on any atom is 0.270 e. The van der Waals surface area contributed by atoms with E-state index in [0.29, 0.717) is 17.2 Å². The van der Waals surface area contributed by atoms with Gasteiger partial charge in [-0.2, -0.15) is 0 Å². The van der Waals surface area contributed by atoms with E-state index >= 15 is 0 Å². The molecule has 0 unspecified atom stereocenters. The Kier molecular flexibility index (Phi) is 5.43. The second-order valence-electron chi connectivity index (χ2n) is 6.55. The number of nitrogens with zero attached hydrogens (tertiary/aromatic N) is 2. The van der Waals surface area contributed by atoms with Crippen LogP contribution in [0.1, 0.15) is 15.6 Å². The minimum absolute atomic E-state index is 0.0139. The Balaban J connectivity index is 1.61. The first-order chi connectivity index (χ1) is 14.4. The first kappa shape index (κ1) is 19.9. The van der Waals surface area contributed by atoms with Gasteiger partial charge in [0.1, 0.15) is 17.1 Å². The molecule has 6 nitrogen and oxygen atoms in total. The number of nitrogens with one attached hydrogen (secondary N) is 1. The lowest BCUT2D eigenvalue weighted by Crippen LogP contribution is -2.54. The minimum atomic E-state index is -0.518. The molecule has 3 aromatic rings. The van der Waals surface area contributed by atoms with Crippen LogP contribution in [0.2, 0.25) is 0 Å². The number of amides is 2. The molecule has 2 aromatic carbocycles. The Labute approximate surface area is 182 Å². The van der Waals surface area contributed by atoms with Crippen LogP contribution in [0.3, 0.4) is 0 Å². The lowest BCUT2D eigenvalue weighted by atomic mass is 10.1. The van der Waals surface area contributed by atoms with Crippen molar-refractivity contribution < 1.29 is 14.3 Å². The van der Waals surface area contributed by atoms with E-state index in [1.165, 1.54) is 16.2 Å². The van der Waals surface area contributed by atoms with Crippen LogP contribution in [0.4, 0.5) is 5.69 Å². The van der Waals surface area contributed by atoms with E-state index in [2.05, 4.69) is 10.3 Å². The minimum Gasteiger partial charge on any atom is -0.457 e. The number of aryl methyl sites for hydroxylation is 2. The number of anilines is 1. The standard InChI is InChI=1S/C22H17N3O3S2/c1-13-19(30-14(2)23-13)12-18-20(26)24-22(29)25(21(18)27)15-8-10-17(11-9-15)28-16-6-4-3-5-7-16/h3-12H,1-2H3,(H,24,26,29)/b18-12+. The van der Waals surface area contributed by atoms with Crippen LogP contribution >= 0.6 is 23.6 Å². The zero-order chi connectivity index (χ0) is 21.3. The molecule has 1 saturated heterocycles. The van der Waals surface area contributed by atoms with Gasteiger partial charge < -0.3 is 4.74 Å². The van der Waals surface area contributed by atoms with Gasteiger partial charge >= 0.3 is 0 Å². The number of carbonyl (C=O) groups is 2. The van der Waals surface area contributed by atoms with Gasteiger partial charge in [0.05, 0.1) is 21.3 Å². The Morgan fingerprint density at radius 2 is 1.70 bits per heavy atom. The summed E-state index contributed by atoms with van der Waals surface area (Å²) in [4.78, 5) is 31.9. The zero-order valence-corrected chi connectivity index (χ0v) is 17.8. The average molecular weight is 436 g/mol. The van der Waals surface area contributed by atoms with Gasteiger partial charge in [-0.05, 0) is 68.5 Å². The highest BCUT2D eigenvalue weighted by molar-refractivity contribution is 7.80. The quantitative estimate of drug-likeness (QED) is 0.374. The van der Waals surface area contributed by atoms with Crippen molar-refractivity contribution in [3.8, 4) is 11.5 Å². The maximum absolute atomic E-state index is 13.1. The number of benzene rings is 2. The first-order valence-corrected chi connectivity index (χ1v) is 10.3. The zero-order valence-electron chi connectivity index (χ0n) is 16.2. The molecule has 150 valence electrons. The van der Waals surface area contributed by atoms with Gasteiger partial charge in [-0.15, -0.1) is 11.3 Å². The SMILES string of the molecule is Cc1nc(C)c(/C=C2\C(=O)NC(=S)N(c3ccc(Oc4ccccc4)cc3)C2=O)s1. The number of carbonyl (C=O) groups excluding carboxylic acids is 2. The van der Waals surface area contributed by atoms with E-state index in [9.17, 15) is 9.59 Å². The molecule has 0 atom stereocenters. The molecule has 2 amide bonds. The molecule has 30 heavy (non-hydrogen) atoms. The molecular formula is C22H17N3O3S2. The number of hydrogen-bond donors (Lipinski definition) is 1. The average Bonchev–Trinajstić information content (AvgIpc) is 3.04. The highest BCUT2D eigenvalue weighted by atomic mass is 32.1. The van der Waals surface area contributed by atoms with E-state index in [-0.39, 0.29) is 10.7 Å². The van der Waals surface area contributed by atoms with Crippen molar-refractivity contribution in [3.63, 3.8) is 0 Å². The predicted octanol–water partition coefficient (Wildman–Crippen LogP) is 4.38. The van der Waals surface area contributed by atoms with Crippen molar-refractivity contribution >= 4 is 52.2 Å². The molecule has 2 heterocycles. The Morgan fingerprint density at radius 1 is 1.03 bits per heavy atom. The Hall–Kier alpha value is -3.36. The van der Waals surface area contributed by atoms with Gasteiger partial charge in [-0.1, -0.05) is 18.2 Å². The molecule has 1 aliphatic heterocycles. The third-order valence-corrected chi connectivity index (χ3v) is 5.69. The van der Waals surface area contributed by atoms with Gasteiger partial charge in [0, 0.05) is 0 Å². The summed E-state index contributed by atoms with van der Waals surface area (Å²) in [6, 6.07) is 16.3. The van der Waals surface area contributed by atoms with Crippen LogP contribution < -0.4 is 15.0 Å². The van der Waals surface area contributed by atoms with Crippen molar-refractivity contribution in [3.05, 3.63) is 75.7 Å². The lowest BCUT2D eigenvalue weighted by molar-refractivity contribution is -0.122. The maximum atomic E-state index is 13.1. The van der Waals surface area contributed by atoms with Gasteiger partial charge in [-0.25, -0.2) is 4.98 Å². The highest BCUT2D eigenvalue weighted by Gasteiger charge is 2.34. The van der Waals surface area contributed by atoms with Crippen molar-refractivity contribution in [2.45, 2.75) is 13.8 Å². The van der Waals surface area contributed by atoms with E-state index in [4.69, 9.17) is 17.0 Å². The normalized spacial score (nSPS) is 15.5. The number of thiocarbonyl (C=S) groups is 1. The molecule has 1 aromatic heterocycles. The smallest absolute Gasteiger partial charge is 0.270 e. The monoisotopic (exact) mass is 435 g/mol. The lowest BCUT2D eigenvalue weighted by Gasteiger charge is -2.29. The summed E-state index contributed by atoms with van der Waals surface area (Å²) in [6.07, 6.45) is 1.57. The molecule has 0 spiro atoms. The van der Waals surface area contributed by atoms with Gasteiger partial charge in [0.15, 0.2) is 5.11 Å². The fourth-order valence-electron chi connectivity index (χ4n) is 2.99. The van der Waals surface area contributed by atoms with Crippen molar-refractivity contribution in [1.29, 1.82) is 0 Å². The molecule has 0 saturated carbocycles. The third kappa shape index (κ3) is 4.00. The van der Waals surface area contributed by atoms with Crippen LogP contribution in [-0.2, 0) is 9.59 Å². The van der Waals surface area contributed by atoms with Crippen LogP contribution in [0, 0.1) is 13.8 Å². The number of ether oxygens (including phenoxy) is 1. The molecule has 0 radical (unpaired) electrons. The van der Waals surface area contributed by atoms with Crippen LogP contribution in [0.15, 0.2) is 60.2 Å². The number of rotatable bonds is 4. The molecule has 0 aliphatic carbocycles. The topological polar surface area (TPSA) is 71.5 Å². The van der Waals surface area contributed by atoms with E-state index in [1.54, 1.807) is 30.3 Å².